The Bertz CT molecular complexity index is 389. The molecule has 0 saturated heterocycles. The lowest BCUT2D eigenvalue weighted by Gasteiger charge is -2.04. The molecule has 0 bridgehead atoms. The molecule has 0 aliphatic heterocycles. The molecule has 1 aromatic rings. The molecule has 0 unspecified atom stereocenters. The molecule has 0 aliphatic carbocycles. The first-order chi connectivity index (χ1) is 6.50. The Morgan fingerprint density at radius 2 is 2.21 bits per heavy atom. The number of nitrogens with one attached hydrogen (secondary N) is 1. The van der Waals surface area contributed by atoms with Crippen molar-refractivity contribution in [2.75, 3.05) is 11.1 Å². The van der Waals surface area contributed by atoms with Crippen LogP contribution in [0.3, 0.4) is 0 Å². The highest BCUT2D eigenvalue weighted by molar-refractivity contribution is 5.94. The zero-order valence-electron chi connectivity index (χ0n) is 7.44. The number of anilines is 2. The van der Waals surface area contributed by atoms with E-state index in [0.29, 0.717) is 5.69 Å². The predicted octanol–water partition coefficient (Wildman–Crippen LogP) is 0.320. The molecule has 6 nitrogen and oxygen atoms in total. The molecule has 0 aliphatic rings. The Labute approximate surface area is 79.8 Å². The molecule has 1 heterocycles. The van der Waals surface area contributed by atoms with Crippen LogP contribution in [-0.2, 0) is 4.79 Å². The van der Waals surface area contributed by atoms with E-state index in [1.54, 1.807) is 0 Å². The van der Waals surface area contributed by atoms with E-state index in [9.17, 15) is 9.59 Å². The van der Waals surface area contributed by atoms with E-state index in [-0.39, 0.29) is 17.3 Å². The van der Waals surface area contributed by atoms with Gasteiger partial charge >= 0.3 is 5.97 Å². The van der Waals surface area contributed by atoms with E-state index < -0.39 is 5.97 Å². The highest BCUT2D eigenvalue weighted by atomic mass is 16.4. The normalized spacial score (nSPS) is 9.50. The van der Waals surface area contributed by atoms with Crippen molar-refractivity contribution in [3.05, 3.63) is 18.0 Å². The lowest BCUT2D eigenvalue weighted by atomic mass is 10.3. The van der Waals surface area contributed by atoms with Gasteiger partial charge < -0.3 is 16.2 Å². The standard InChI is InChI=1S/C8H9N3O3/c1-4(12)11-5-2-6(9)7(8(13)14)10-3-5/h2-3H,9H2,1H3,(H,11,12)(H,13,14). The Morgan fingerprint density at radius 1 is 1.57 bits per heavy atom. The summed E-state index contributed by atoms with van der Waals surface area (Å²) in [5, 5.41) is 11.0. The number of carboxylic acid groups (broad SMARTS) is 1. The molecule has 1 rings (SSSR count). The summed E-state index contributed by atoms with van der Waals surface area (Å²) in [6.07, 6.45) is 1.24. The third-order valence-corrected chi connectivity index (χ3v) is 1.44. The van der Waals surface area contributed by atoms with Gasteiger partial charge in [0, 0.05) is 6.92 Å². The lowest BCUT2D eigenvalue weighted by Crippen LogP contribution is -2.10. The molecule has 6 heteroatoms. The summed E-state index contributed by atoms with van der Waals surface area (Å²) in [4.78, 5) is 24.8. The van der Waals surface area contributed by atoms with Crippen LogP contribution in [0.5, 0.6) is 0 Å². The molecule has 0 saturated carbocycles. The highest BCUT2D eigenvalue weighted by Gasteiger charge is 2.09. The van der Waals surface area contributed by atoms with E-state index in [4.69, 9.17) is 10.8 Å². The molecule has 1 amide bonds. The lowest BCUT2D eigenvalue weighted by molar-refractivity contribution is -0.114. The van der Waals surface area contributed by atoms with Crippen LogP contribution < -0.4 is 11.1 Å². The molecule has 1 aromatic heterocycles. The number of carbonyl (C=O) groups excluding carboxylic acids is 1. The SMILES string of the molecule is CC(=O)Nc1cnc(C(=O)O)c(N)c1. The topological polar surface area (TPSA) is 105 Å². The van der Waals surface area contributed by atoms with E-state index in [1.165, 1.54) is 19.2 Å². The maximum atomic E-state index is 10.6. The second-order valence-electron chi connectivity index (χ2n) is 2.65. The van der Waals surface area contributed by atoms with Gasteiger partial charge in [0.05, 0.1) is 17.6 Å². The van der Waals surface area contributed by atoms with Crippen LogP contribution in [0.4, 0.5) is 11.4 Å². The molecule has 0 spiro atoms. The van der Waals surface area contributed by atoms with Gasteiger partial charge in [0.2, 0.25) is 5.91 Å². The van der Waals surface area contributed by atoms with Gasteiger partial charge in [0.1, 0.15) is 0 Å². The Kier molecular flexibility index (Phi) is 2.66. The van der Waals surface area contributed by atoms with Crippen LogP contribution in [0, 0.1) is 0 Å². The number of rotatable bonds is 2. The molecule has 14 heavy (non-hydrogen) atoms. The van der Waals surface area contributed by atoms with E-state index in [0.717, 1.165) is 0 Å². The van der Waals surface area contributed by atoms with Crippen molar-refractivity contribution in [2.45, 2.75) is 6.92 Å². The van der Waals surface area contributed by atoms with Crippen LogP contribution in [0.2, 0.25) is 0 Å². The fourth-order valence-corrected chi connectivity index (χ4v) is 0.932. The number of nitrogens with two attached hydrogens (primary N) is 1. The minimum absolute atomic E-state index is 0.0174. The average Bonchev–Trinajstić information content (AvgIpc) is 2.01. The van der Waals surface area contributed by atoms with Gasteiger partial charge in [0.25, 0.3) is 0 Å². The zero-order chi connectivity index (χ0) is 10.7. The van der Waals surface area contributed by atoms with Gasteiger partial charge in [-0.1, -0.05) is 0 Å². The Morgan fingerprint density at radius 3 is 2.64 bits per heavy atom. The summed E-state index contributed by atoms with van der Waals surface area (Å²) in [7, 11) is 0. The third kappa shape index (κ3) is 2.19. The number of nitrogen functional groups attached to an aromatic ring is 1. The van der Waals surface area contributed by atoms with Crippen molar-refractivity contribution >= 4 is 23.3 Å². The second-order valence-corrected chi connectivity index (χ2v) is 2.65. The number of aromatic nitrogens is 1. The average molecular weight is 195 g/mol. The monoisotopic (exact) mass is 195 g/mol. The van der Waals surface area contributed by atoms with Gasteiger partial charge in [-0.3, -0.25) is 4.79 Å². The third-order valence-electron chi connectivity index (χ3n) is 1.44. The van der Waals surface area contributed by atoms with Gasteiger partial charge in [-0.05, 0) is 6.07 Å². The summed E-state index contributed by atoms with van der Waals surface area (Å²) < 4.78 is 0. The molecule has 0 aromatic carbocycles. The first-order valence-corrected chi connectivity index (χ1v) is 3.77. The summed E-state index contributed by atoms with van der Waals surface area (Å²) in [6, 6.07) is 1.35. The van der Waals surface area contributed by atoms with Crippen LogP contribution in [0.1, 0.15) is 17.4 Å². The van der Waals surface area contributed by atoms with Crippen LogP contribution >= 0.6 is 0 Å². The number of carboxylic acids is 1. The Hall–Kier alpha value is -2.11. The van der Waals surface area contributed by atoms with Crippen molar-refractivity contribution in [3.63, 3.8) is 0 Å². The predicted molar refractivity (Wildman–Crippen MR) is 49.9 cm³/mol. The van der Waals surface area contributed by atoms with E-state index in [2.05, 4.69) is 10.3 Å². The largest absolute Gasteiger partial charge is 0.476 e. The maximum absolute atomic E-state index is 10.6. The number of amides is 1. The van der Waals surface area contributed by atoms with Gasteiger partial charge in [-0.2, -0.15) is 0 Å². The number of pyridine rings is 1. The molecule has 74 valence electrons. The van der Waals surface area contributed by atoms with Crippen LogP contribution in [-0.4, -0.2) is 22.0 Å². The van der Waals surface area contributed by atoms with Crippen molar-refractivity contribution in [1.82, 2.24) is 4.98 Å². The van der Waals surface area contributed by atoms with Crippen molar-refractivity contribution < 1.29 is 14.7 Å². The van der Waals surface area contributed by atoms with E-state index >= 15 is 0 Å². The van der Waals surface area contributed by atoms with E-state index in [1.807, 2.05) is 0 Å². The summed E-state index contributed by atoms with van der Waals surface area (Å²) >= 11 is 0. The van der Waals surface area contributed by atoms with Crippen molar-refractivity contribution in [2.24, 2.45) is 0 Å². The van der Waals surface area contributed by atoms with Gasteiger partial charge in [0.15, 0.2) is 5.69 Å². The van der Waals surface area contributed by atoms with Crippen LogP contribution in [0.25, 0.3) is 0 Å². The molecular weight excluding hydrogens is 186 g/mol. The first kappa shape index (κ1) is 9.97. The zero-order valence-corrected chi connectivity index (χ0v) is 7.44. The first-order valence-electron chi connectivity index (χ1n) is 3.77. The molecule has 0 radical (unpaired) electrons. The quantitative estimate of drug-likeness (QED) is 0.630. The number of hydrogen-bond acceptors (Lipinski definition) is 4. The molecule has 0 atom stereocenters. The van der Waals surface area contributed by atoms with Crippen molar-refractivity contribution in [3.8, 4) is 0 Å². The van der Waals surface area contributed by atoms with Crippen LogP contribution in [0.15, 0.2) is 12.3 Å². The van der Waals surface area contributed by atoms with Crippen molar-refractivity contribution in [1.29, 1.82) is 0 Å². The minimum Gasteiger partial charge on any atom is -0.476 e. The molecular formula is C8H9N3O3. The molecule has 4 N–H and O–H groups in total. The number of nitrogens with zero attached hydrogens (tertiary/aromatic N) is 1. The summed E-state index contributed by atoms with van der Waals surface area (Å²) in [5.41, 5.74) is 5.57. The fourth-order valence-electron chi connectivity index (χ4n) is 0.932. The number of carbonyl (C=O) groups is 2. The second kappa shape index (κ2) is 3.73. The minimum atomic E-state index is -1.20. The highest BCUT2D eigenvalue weighted by Crippen LogP contribution is 2.14. The van der Waals surface area contributed by atoms with Gasteiger partial charge in [-0.25, -0.2) is 9.78 Å². The fraction of sp³-hybridized carbons (Fsp3) is 0.125. The van der Waals surface area contributed by atoms with Gasteiger partial charge in [-0.15, -0.1) is 0 Å². The maximum Gasteiger partial charge on any atom is 0.356 e. The molecule has 0 fully saturated rings. The summed E-state index contributed by atoms with van der Waals surface area (Å²) in [5.74, 6) is -1.47. The number of aromatic carboxylic acids is 1. The number of hydrogen-bond donors (Lipinski definition) is 3. The Balaban J connectivity index is 3.00. The summed E-state index contributed by atoms with van der Waals surface area (Å²) in [6.45, 7) is 1.33. The smallest absolute Gasteiger partial charge is 0.356 e.